The highest BCUT2D eigenvalue weighted by Crippen LogP contribution is 2.26. The van der Waals surface area contributed by atoms with Crippen molar-refractivity contribution in [3.8, 4) is 0 Å². The number of nitrogens with zero attached hydrogens (tertiary/aromatic N) is 2. The van der Waals surface area contributed by atoms with E-state index in [4.69, 9.17) is 4.74 Å². The van der Waals surface area contributed by atoms with Gasteiger partial charge in [-0.2, -0.15) is 4.37 Å². The SMILES string of the molecule is CCOC(=O)c1c(C)nsc1NCC1CCN(CC)C1. The second-order valence-electron chi connectivity index (χ2n) is 5.12. The summed E-state index contributed by atoms with van der Waals surface area (Å²) in [5, 5.41) is 4.23. The molecule has 1 saturated heterocycles. The molecule has 0 aliphatic carbocycles. The molecule has 0 aromatic carbocycles. The fraction of sp³-hybridized carbons (Fsp3) is 0.714. The quantitative estimate of drug-likeness (QED) is 0.817. The third-order valence-corrected chi connectivity index (χ3v) is 4.61. The summed E-state index contributed by atoms with van der Waals surface area (Å²) < 4.78 is 9.36. The van der Waals surface area contributed by atoms with Crippen LogP contribution in [-0.2, 0) is 4.74 Å². The summed E-state index contributed by atoms with van der Waals surface area (Å²) in [6, 6.07) is 0. The number of ether oxygens (including phenoxy) is 1. The molecule has 1 aliphatic heterocycles. The molecule has 0 bridgehead atoms. The highest BCUT2D eigenvalue weighted by Gasteiger charge is 2.23. The van der Waals surface area contributed by atoms with Gasteiger partial charge in [0, 0.05) is 13.1 Å². The minimum Gasteiger partial charge on any atom is -0.462 e. The van der Waals surface area contributed by atoms with Gasteiger partial charge < -0.3 is 15.0 Å². The van der Waals surface area contributed by atoms with Gasteiger partial charge in [-0.05, 0) is 50.8 Å². The number of aromatic nitrogens is 1. The number of carbonyl (C=O) groups excluding carboxylic acids is 1. The van der Waals surface area contributed by atoms with Crippen molar-refractivity contribution in [3.05, 3.63) is 11.3 Å². The molecule has 1 aromatic heterocycles. The van der Waals surface area contributed by atoms with Crippen molar-refractivity contribution in [1.82, 2.24) is 9.27 Å². The van der Waals surface area contributed by atoms with Crippen LogP contribution >= 0.6 is 11.5 Å². The first-order valence-corrected chi connectivity index (χ1v) is 8.02. The molecule has 0 spiro atoms. The number of anilines is 1. The largest absolute Gasteiger partial charge is 0.462 e. The maximum atomic E-state index is 11.9. The molecule has 0 amide bonds. The maximum absolute atomic E-state index is 11.9. The van der Waals surface area contributed by atoms with E-state index >= 15 is 0 Å². The van der Waals surface area contributed by atoms with E-state index in [1.54, 1.807) is 0 Å². The number of aryl methyl sites for hydroxylation is 1. The standard InChI is InChI=1S/C14H23N3O2S/c1-4-17-7-6-11(9-17)8-15-13-12(10(3)16-20-13)14(18)19-5-2/h11,15H,4-9H2,1-3H3. The van der Waals surface area contributed by atoms with Crippen LogP contribution in [0.4, 0.5) is 5.00 Å². The zero-order chi connectivity index (χ0) is 14.5. The Morgan fingerprint density at radius 1 is 1.55 bits per heavy atom. The molecule has 0 saturated carbocycles. The fourth-order valence-corrected chi connectivity index (χ4v) is 3.33. The van der Waals surface area contributed by atoms with Gasteiger partial charge in [0.25, 0.3) is 0 Å². The van der Waals surface area contributed by atoms with Crippen molar-refractivity contribution in [1.29, 1.82) is 0 Å². The molecule has 1 aromatic rings. The van der Waals surface area contributed by atoms with Crippen LogP contribution in [0.5, 0.6) is 0 Å². The molecule has 1 fully saturated rings. The molecule has 1 N–H and O–H groups in total. The van der Waals surface area contributed by atoms with Gasteiger partial charge in [-0.15, -0.1) is 0 Å². The fourth-order valence-electron chi connectivity index (χ4n) is 2.54. The Kier molecular flexibility index (Phi) is 5.37. The van der Waals surface area contributed by atoms with Crippen molar-refractivity contribution in [2.45, 2.75) is 27.2 Å². The summed E-state index contributed by atoms with van der Waals surface area (Å²) in [4.78, 5) is 14.4. The van der Waals surface area contributed by atoms with Gasteiger partial charge in [0.05, 0.1) is 12.3 Å². The molecule has 1 aliphatic rings. The van der Waals surface area contributed by atoms with Crippen LogP contribution in [0.15, 0.2) is 0 Å². The molecule has 5 nitrogen and oxygen atoms in total. The summed E-state index contributed by atoms with van der Waals surface area (Å²) in [7, 11) is 0. The van der Waals surface area contributed by atoms with Gasteiger partial charge in [0.2, 0.25) is 0 Å². The lowest BCUT2D eigenvalue weighted by molar-refractivity contribution is 0.0527. The van der Waals surface area contributed by atoms with Gasteiger partial charge in [0.1, 0.15) is 10.6 Å². The van der Waals surface area contributed by atoms with E-state index in [0.717, 1.165) is 30.3 Å². The van der Waals surface area contributed by atoms with Crippen molar-refractivity contribution < 1.29 is 9.53 Å². The van der Waals surface area contributed by atoms with Crippen LogP contribution in [0, 0.1) is 12.8 Å². The number of rotatable bonds is 6. The molecule has 1 unspecified atom stereocenters. The zero-order valence-electron chi connectivity index (χ0n) is 12.4. The van der Waals surface area contributed by atoms with Gasteiger partial charge in [-0.3, -0.25) is 0 Å². The Hall–Kier alpha value is -1.14. The number of hydrogen-bond donors (Lipinski definition) is 1. The van der Waals surface area contributed by atoms with E-state index in [1.807, 2.05) is 13.8 Å². The molecular weight excluding hydrogens is 274 g/mol. The number of likely N-dealkylation sites (tertiary alicyclic amines) is 1. The van der Waals surface area contributed by atoms with Crippen molar-refractivity contribution in [3.63, 3.8) is 0 Å². The third-order valence-electron chi connectivity index (χ3n) is 3.71. The molecule has 112 valence electrons. The van der Waals surface area contributed by atoms with E-state index in [-0.39, 0.29) is 5.97 Å². The molecule has 0 radical (unpaired) electrons. The average molecular weight is 297 g/mol. The third kappa shape index (κ3) is 3.49. The number of hydrogen-bond acceptors (Lipinski definition) is 6. The Morgan fingerprint density at radius 2 is 2.35 bits per heavy atom. The summed E-state index contributed by atoms with van der Waals surface area (Å²) in [5.41, 5.74) is 1.35. The predicted octanol–water partition coefficient (Wildman–Crippen LogP) is 2.38. The minimum atomic E-state index is -0.275. The van der Waals surface area contributed by atoms with Crippen LogP contribution < -0.4 is 5.32 Å². The molecule has 6 heteroatoms. The molecule has 1 atom stereocenters. The van der Waals surface area contributed by atoms with Gasteiger partial charge >= 0.3 is 5.97 Å². The van der Waals surface area contributed by atoms with Crippen molar-refractivity contribution in [2.24, 2.45) is 5.92 Å². The van der Waals surface area contributed by atoms with Crippen LogP contribution in [0.3, 0.4) is 0 Å². The van der Waals surface area contributed by atoms with Crippen LogP contribution in [-0.4, -0.2) is 48.0 Å². The van der Waals surface area contributed by atoms with E-state index < -0.39 is 0 Å². The maximum Gasteiger partial charge on any atom is 0.343 e. The molecular formula is C14H23N3O2S. The second kappa shape index (κ2) is 7.04. The summed E-state index contributed by atoms with van der Waals surface area (Å²) in [6.07, 6.45) is 1.22. The van der Waals surface area contributed by atoms with Crippen LogP contribution in [0.2, 0.25) is 0 Å². The topological polar surface area (TPSA) is 54.5 Å². The Labute approximate surface area is 124 Å². The van der Waals surface area contributed by atoms with Crippen molar-refractivity contribution in [2.75, 3.05) is 38.1 Å². The highest BCUT2D eigenvalue weighted by atomic mass is 32.1. The Morgan fingerprint density at radius 3 is 3.00 bits per heavy atom. The van der Waals surface area contributed by atoms with E-state index in [0.29, 0.717) is 18.1 Å². The summed E-state index contributed by atoms with van der Waals surface area (Å²) in [5.74, 6) is 0.371. The Bertz CT molecular complexity index is 461. The predicted molar refractivity (Wildman–Crippen MR) is 81.5 cm³/mol. The number of esters is 1. The number of nitrogens with one attached hydrogen (secondary N) is 1. The second-order valence-corrected chi connectivity index (χ2v) is 5.89. The first kappa shape index (κ1) is 15.3. The monoisotopic (exact) mass is 297 g/mol. The lowest BCUT2D eigenvalue weighted by Crippen LogP contribution is -2.22. The van der Waals surface area contributed by atoms with Gasteiger partial charge in [-0.1, -0.05) is 6.92 Å². The lowest BCUT2D eigenvalue weighted by atomic mass is 10.1. The summed E-state index contributed by atoms with van der Waals surface area (Å²) >= 11 is 1.34. The number of carbonyl (C=O) groups is 1. The van der Waals surface area contributed by atoms with Gasteiger partial charge in [0.15, 0.2) is 0 Å². The Balaban J connectivity index is 1.95. The normalized spacial score (nSPS) is 19.2. The average Bonchev–Trinajstić information content (AvgIpc) is 3.03. The van der Waals surface area contributed by atoms with Crippen LogP contribution in [0.25, 0.3) is 0 Å². The van der Waals surface area contributed by atoms with E-state index in [1.165, 1.54) is 24.5 Å². The summed E-state index contributed by atoms with van der Waals surface area (Å²) in [6.45, 7) is 10.6. The molecule has 2 rings (SSSR count). The molecule has 2 heterocycles. The lowest BCUT2D eigenvalue weighted by Gasteiger charge is -2.14. The minimum absolute atomic E-state index is 0.275. The first-order chi connectivity index (χ1) is 9.65. The zero-order valence-corrected chi connectivity index (χ0v) is 13.3. The van der Waals surface area contributed by atoms with Gasteiger partial charge in [-0.25, -0.2) is 4.79 Å². The van der Waals surface area contributed by atoms with E-state index in [2.05, 4.69) is 21.5 Å². The van der Waals surface area contributed by atoms with Crippen LogP contribution in [0.1, 0.15) is 36.3 Å². The molecule has 20 heavy (non-hydrogen) atoms. The highest BCUT2D eigenvalue weighted by molar-refractivity contribution is 7.10. The van der Waals surface area contributed by atoms with Crippen molar-refractivity contribution >= 4 is 22.5 Å². The first-order valence-electron chi connectivity index (χ1n) is 7.25. The smallest absolute Gasteiger partial charge is 0.343 e. The van der Waals surface area contributed by atoms with E-state index in [9.17, 15) is 4.79 Å².